The Morgan fingerprint density at radius 1 is 0.912 bits per heavy atom. The molecule has 0 aliphatic carbocycles. The Morgan fingerprint density at radius 2 is 1.68 bits per heavy atom. The summed E-state index contributed by atoms with van der Waals surface area (Å²) < 4.78 is 16.6. The number of nitrogens with zero attached hydrogens (tertiary/aromatic N) is 3. The average Bonchev–Trinajstić information content (AvgIpc) is 2.90. The molecular weight excluding hydrogens is 428 g/mol. The summed E-state index contributed by atoms with van der Waals surface area (Å²) in [7, 11) is 1.65. The standard InChI is InChI=1S/C27H28N4O3/c1-3-34-26-17-20(5-11-25(26)32-2)19-4-10-24-23(16-19)27(29-18-28-24)30-21-6-8-22(9-7-21)31-12-14-33-15-13-31/h4-11,16-18H,3,12-15H2,1-2H3,(H,28,29,30). The molecule has 0 saturated carbocycles. The molecule has 1 saturated heterocycles. The molecule has 0 amide bonds. The quantitative estimate of drug-likeness (QED) is 0.405. The van der Waals surface area contributed by atoms with Crippen molar-refractivity contribution in [1.82, 2.24) is 9.97 Å². The van der Waals surface area contributed by atoms with Gasteiger partial charge >= 0.3 is 0 Å². The van der Waals surface area contributed by atoms with Gasteiger partial charge in [-0.25, -0.2) is 9.97 Å². The van der Waals surface area contributed by atoms with Crippen molar-refractivity contribution < 1.29 is 14.2 Å². The highest BCUT2D eigenvalue weighted by molar-refractivity contribution is 5.94. The second-order valence-electron chi connectivity index (χ2n) is 8.02. The molecule has 1 N–H and O–H groups in total. The van der Waals surface area contributed by atoms with Crippen LogP contribution < -0.4 is 19.7 Å². The highest BCUT2D eigenvalue weighted by Gasteiger charge is 2.12. The molecule has 2 heterocycles. The van der Waals surface area contributed by atoms with E-state index in [0.29, 0.717) is 6.61 Å². The van der Waals surface area contributed by atoms with Gasteiger partial charge in [0.15, 0.2) is 11.5 Å². The van der Waals surface area contributed by atoms with Crippen LogP contribution >= 0.6 is 0 Å². The summed E-state index contributed by atoms with van der Waals surface area (Å²) in [6.45, 7) is 5.92. The summed E-state index contributed by atoms with van der Waals surface area (Å²) in [5, 5.41) is 4.42. The van der Waals surface area contributed by atoms with Gasteiger partial charge in [-0.2, -0.15) is 0 Å². The smallest absolute Gasteiger partial charge is 0.161 e. The van der Waals surface area contributed by atoms with Crippen molar-refractivity contribution in [2.45, 2.75) is 6.92 Å². The van der Waals surface area contributed by atoms with Crippen LogP contribution in [0.25, 0.3) is 22.0 Å². The van der Waals surface area contributed by atoms with Crippen molar-refractivity contribution in [3.8, 4) is 22.6 Å². The number of fused-ring (bicyclic) bond motifs is 1. The first-order chi connectivity index (χ1) is 16.7. The minimum Gasteiger partial charge on any atom is -0.493 e. The molecule has 5 rings (SSSR count). The van der Waals surface area contributed by atoms with Crippen LogP contribution in [0.5, 0.6) is 11.5 Å². The number of rotatable bonds is 7. The van der Waals surface area contributed by atoms with Crippen LogP contribution in [-0.4, -0.2) is 50.0 Å². The van der Waals surface area contributed by atoms with Gasteiger partial charge in [0.1, 0.15) is 12.1 Å². The first kappa shape index (κ1) is 22.0. The van der Waals surface area contributed by atoms with Gasteiger partial charge in [-0.1, -0.05) is 12.1 Å². The number of ether oxygens (including phenoxy) is 3. The maximum Gasteiger partial charge on any atom is 0.161 e. The molecule has 0 spiro atoms. The largest absolute Gasteiger partial charge is 0.493 e. The SMILES string of the molecule is CCOc1cc(-c2ccc3ncnc(Nc4ccc(N5CCOCC5)cc4)c3c2)ccc1OC. The third kappa shape index (κ3) is 4.61. The third-order valence-electron chi connectivity index (χ3n) is 5.94. The summed E-state index contributed by atoms with van der Waals surface area (Å²) in [6.07, 6.45) is 1.59. The van der Waals surface area contributed by atoms with Crippen LogP contribution in [0.1, 0.15) is 6.92 Å². The van der Waals surface area contributed by atoms with E-state index in [9.17, 15) is 0 Å². The molecule has 0 atom stereocenters. The topological polar surface area (TPSA) is 68.7 Å². The van der Waals surface area contributed by atoms with Gasteiger partial charge < -0.3 is 24.4 Å². The number of methoxy groups -OCH3 is 1. The molecule has 174 valence electrons. The fraction of sp³-hybridized carbons (Fsp3) is 0.259. The second-order valence-corrected chi connectivity index (χ2v) is 8.02. The Morgan fingerprint density at radius 3 is 2.44 bits per heavy atom. The molecule has 0 unspecified atom stereocenters. The summed E-state index contributed by atoms with van der Waals surface area (Å²) in [6, 6.07) is 20.6. The minimum absolute atomic E-state index is 0.573. The summed E-state index contributed by atoms with van der Waals surface area (Å²) >= 11 is 0. The van der Waals surface area contributed by atoms with Gasteiger partial charge in [0, 0.05) is 29.9 Å². The zero-order valence-electron chi connectivity index (χ0n) is 19.5. The number of anilines is 3. The predicted octanol–water partition coefficient (Wildman–Crippen LogP) is 5.28. The van der Waals surface area contributed by atoms with Crippen molar-refractivity contribution in [3.63, 3.8) is 0 Å². The molecule has 0 radical (unpaired) electrons. The lowest BCUT2D eigenvalue weighted by atomic mass is 10.0. The van der Waals surface area contributed by atoms with Gasteiger partial charge in [-0.15, -0.1) is 0 Å². The molecular formula is C27H28N4O3. The van der Waals surface area contributed by atoms with Gasteiger partial charge in [0.05, 0.1) is 32.4 Å². The number of benzene rings is 3. The summed E-state index contributed by atoms with van der Waals surface area (Å²) in [5.41, 5.74) is 5.15. The first-order valence-electron chi connectivity index (χ1n) is 11.5. The van der Waals surface area contributed by atoms with Crippen LogP contribution in [0.3, 0.4) is 0 Å². The average molecular weight is 457 g/mol. The van der Waals surface area contributed by atoms with Crippen molar-refractivity contribution >= 4 is 28.1 Å². The maximum absolute atomic E-state index is 5.76. The lowest BCUT2D eigenvalue weighted by Gasteiger charge is -2.28. The van der Waals surface area contributed by atoms with E-state index in [0.717, 1.165) is 71.3 Å². The molecule has 0 bridgehead atoms. The maximum atomic E-state index is 5.76. The normalized spacial score (nSPS) is 13.6. The number of aromatic nitrogens is 2. The van der Waals surface area contributed by atoms with Crippen LogP contribution in [0, 0.1) is 0 Å². The Hall–Kier alpha value is -3.84. The molecule has 4 aromatic rings. The van der Waals surface area contributed by atoms with Gasteiger partial charge in [-0.3, -0.25) is 0 Å². The lowest BCUT2D eigenvalue weighted by Crippen LogP contribution is -2.36. The van der Waals surface area contributed by atoms with Crippen LogP contribution in [0.2, 0.25) is 0 Å². The van der Waals surface area contributed by atoms with Crippen LogP contribution in [0.4, 0.5) is 17.2 Å². The van der Waals surface area contributed by atoms with Gasteiger partial charge in [0.2, 0.25) is 0 Å². The Balaban J connectivity index is 1.44. The molecule has 1 aliphatic heterocycles. The van der Waals surface area contributed by atoms with Gasteiger partial charge in [0.25, 0.3) is 0 Å². The highest BCUT2D eigenvalue weighted by atomic mass is 16.5. The molecule has 1 aromatic heterocycles. The summed E-state index contributed by atoms with van der Waals surface area (Å²) in [5.74, 6) is 2.22. The highest BCUT2D eigenvalue weighted by Crippen LogP contribution is 2.34. The number of hydrogen-bond donors (Lipinski definition) is 1. The van der Waals surface area contributed by atoms with E-state index in [2.05, 4.69) is 56.6 Å². The van der Waals surface area contributed by atoms with Crippen LogP contribution in [0.15, 0.2) is 67.0 Å². The fourth-order valence-corrected chi connectivity index (χ4v) is 4.17. The fourth-order valence-electron chi connectivity index (χ4n) is 4.17. The third-order valence-corrected chi connectivity index (χ3v) is 5.94. The first-order valence-corrected chi connectivity index (χ1v) is 11.5. The van der Waals surface area contributed by atoms with E-state index in [1.54, 1.807) is 13.4 Å². The minimum atomic E-state index is 0.573. The zero-order chi connectivity index (χ0) is 23.3. The Bertz CT molecular complexity index is 1270. The van der Waals surface area contributed by atoms with Crippen molar-refractivity contribution in [2.24, 2.45) is 0 Å². The van der Waals surface area contributed by atoms with E-state index in [-0.39, 0.29) is 0 Å². The number of hydrogen-bond acceptors (Lipinski definition) is 7. The molecule has 3 aromatic carbocycles. The lowest BCUT2D eigenvalue weighted by molar-refractivity contribution is 0.122. The summed E-state index contributed by atoms with van der Waals surface area (Å²) in [4.78, 5) is 11.3. The monoisotopic (exact) mass is 456 g/mol. The Labute approximate surface area is 199 Å². The van der Waals surface area contributed by atoms with Crippen molar-refractivity contribution in [3.05, 3.63) is 67.0 Å². The molecule has 1 aliphatic rings. The number of morpholine rings is 1. The molecule has 7 nitrogen and oxygen atoms in total. The van der Waals surface area contributed by atoms with Crippen molar-refractivity contribution in [1.29, 1.82) is 0 Å². The molecule has 34 heavy (non-hydrogen) atoms. The van der Waals surface area contributed by atoms with E-state index < -0.39 is 0 Å². The van der Waals surface area contributed by atoms with E-state index in [4.69, 9.17) is 14.2 Å². The van der Waals surface area contributed by atoms with Gasteiger partial charge in [-0.05, 0) is 66.6 Å². The van der Waals surface area contributed by atoms with E-state index >= 15 is 0 Å². The van der Waals surface area contributed by atoms with E-state index in [1.165, 1.54) is 5.69 Å². The predicted molar refractivity (Wildman–Crippen MR) is 135 cm³/mol. The molecule has 7 heteroatoms. The second kappa shape index (κ2) is 9.97. The zero-order valence-corrected chi connectivity index (χ0v) is 19.5. The Kier molecular flexibility index (Phi) is 6.44. The molecule has 1 fully saturated rings. The van der Waals surface area contributed by atoms with E-state index in [1.807, 2.05) is 31.2 Å². The number of nitrogens with one attached hydrogen (secondary N) is 1. The van der Waals surface area contributed by atoms with Crippen LogP contribution in [-0.2, 0) is 4.74 Å². The van der Waals surface area contributed by atoms with Crippen molar-refractivity contribution in [2.75, 3.05) is 50.2 Å².